The maximum absolute atomic E-state index is 12.3. The van der Waals surface area contributed by atoms with E-state index in [0.29, 0.717) is 16.3 Å². The monoisotopic (exact) mass is 306 g/mol. The van der Waals surface area contributed by atoms with Crippen LogP contribution >= 0.6 is 11.6 Å². The van der Waals surface area contributed by atoms with E-state index >= 15 is 0 Å². The largest absolute Gasteiger partial charge is 0.279 e. The number of rotatable bonds is 1. The Morgan fingerprint density at radius 3 is 2.50 bits per heavy atom. The van der Waals surface area contributed by atoms with E-state index in [-0.39, 0.29) is 4.90 Å². The standard InChI is InChI=1S/C14H11ClN2O2S/c1-17-16-14(10-5-3-2-4-6-10)12-9-11(15)7-8-13(12)20(17,18)19/h2-9H,1H3. The van der Waals surface area contributed by atoms with Gasteiger partial charge in [0.25, 0.3) is 10.0 Å². The van der Waals surface area contributed by atoms with Gasteiger partial charge in [-0.05, 0) is 18.2 Å². The maximum Gasteiger partial charge on any atom is 0.279 e. The van der Waals surface area contributed by atoms with Gasteiger partial charge < -0.3 is 0 Å². The topological polar surface area (TPSA) is 49.7 Å². The van der Waals surface area contributed by atoms with E-state index in [2.05, 4.69) is 5.10 Å². The van der Waals surface area contributed by atoms with Gasteiger partial charge in [0.05, 0.1) is 4.90 Å². The molecule has 0 aliphatic carbocycles. The third-order valence-electron chi connectivity index (χ3n) is 3.11. The number of nitrogens with zero attached hydrogens (tertiary/aromatic N) is 2. The van der Waals surface area contributed by atoms with Crippen LogP contribution in [0, 0.1) is 0 Å². The summed E-state index contributed by atoms with van der Waals surface area (Å²) in [5.41, 5.74) is 1.97. The molecule has 0 saturated heterocycles. The zero-order chi connectivity index (χ0) is 14.3. The second-order valence-corrected chi connectivity index (χ2v) is 6.75. The number of hydrazone groups is 1. The van der Waals surface area contributed by atoms with Crippen molar-refractivity contribution in [2.24, 2.45) is 5.10 Å². The molecule has 20 heavy (non-hydrogen) atoms. The van der Waals surface area contributed by atoms with Crippen LogP contribution in [0.4, 0.5) is 0 Å². The molecule has 3 rings (SSSR count). The van der Waals surface area contributed by atoms with E-state index in [4.69, 9.17) is 11.6 Å². The maximum atomic E-state index is 12.3. The lowest BCUT2D eigenvalue weighted by atomic mass is 10.0. The van der Waals surface area contributed by atoms with Gasteiger partial charge in [-0.3, -0.25) is 0 Å². The normalized spacial score (nSPS) is 16.5. The van der Waals surface area contributed by atoms with Gasteiger partial charge in [-0.1, -0.05) is 41.9 Å². The second kappa shape index (κ2) is 4.61. The average Bonchev–Trinajstić information content (AvgIpc) is 2.44. The Bertz CT molecular complexity index is 801. The van der Waals surface area contributed by atoms with Gasteiger partial charge >= 0.3 is 0 Å². The first-order chi connectivity index (χ1) is 9.50. The van der Waals surface area contributed by atoms with Crippen LogP contribution in [0.15, 0.2) is 58.5 Å². The van der Waals surface area contributed by atoms with Crippen LogP contribution < -0.4 is 0 Å². The Labute approximate surface area is 122 Å². The molecule has 2 aromatic rings. The van der Waals surface area contributed by atoms with Crippen molar-refractivity contribution in [3.8, 4) is 0 Å². The minimum atomic E-state index is -3.59. The fraction of sp³-hybridized carbons (Fsp3) is 0.0714. The fourth-order valence-electron chi connectivity index (χ4n) is 2.11. The first kappa shape index (κ1) is 13.1. The highest BCUT2D eigenvalue weighted by Gasteiger charge is 2.30. The average molecular weight is 307 g/mol. The molecule has 0 bridgehead atoms. The molecule has 1 aliphatic heterocycles. The molecule has 1 heterocycles. The quantitative estimate of drug-likeness (QED) is 0.813. The van der Waals surface area contributed by atoms with Crippen molar-refractivity contribution in [2.75, 3.05) is 7.05 Å². The number of halogens is 1. The Hall–Kier alpha value is -1.85. The van der Waals surface area contributed by atoms with Gasteiger partial charge in [0, 0.05) is 23.2 Å². The van der Waals surface area contributed by atoms with Crippen molar-refractivity contribution in [3.05, 3.63) is 64.7 Å². The Balaban J connectivity index is 2.31. The molecule has 0 amide bonds. The van der Waals surface area contributed by atoms with Crippen LogP contribution in [0.3, 0.4) is 0 Å². The van der Waals surface area contributed by atoms with Crippen LogP contribution in [0.5, 0.6) is 0 Å². The van der Waals surface area contributed by atoms with Crippen molar-refractivity contribution in [3.63, 3.8) is 0 Å². The summed E-state index contributed by atoms with van der Waals surface area (Å²) < 4.78 is 25.5. The van der Waals surface area contributed by atoms with E-state index in [1.807, 2.05) is 30.3 Å². The molecule has 2 aromatic carbocycles. The van der Waals surface area contributed by atoms with E-state index in [0.717, 1.165) is 9.98 Å². The summed E-state index contributed by atoms with van der Waals surface area (Å²) in [7, 11) is -2.16. The van der Waals surface area contributed by atoms with Gasteiger partial charge in [0.15, 0.2) is 0 Å². The Morgan fingerprint density at radius 2 is 1.80 bits per heavy atom. The molecule has 0 fully saturated rings. The second-order valence-electron chi connectivity index (χ2n) is 4.39. The third-order valence-corrected chi connectivity index (χ3v) is 5.03. The highest BCUT2D eigenvalue weighted by Crippen LogP contribution is 2.30. The summed E-state index contributed by atoms with van der Waals surface area (Å²) in [6, 6.07) is 14.1. The van der Waals surface area contributed by atoms with Crippen LogP contribution in [0.1, 0.15) is 11.1 Å². The van der Waals surface area contributed by atoms with Crippen molar-refractivity contribution in [1.29, 1.82) is 0 Å². The highest BCUT2D eigenvalue weighted by atomic mass is 35.5. The minimum Gasteiger partial charge on any atom is -0.200 e. The van der Waals surface area contributed by atoms with Crippen LogP contribution in [0.2, 0.25) is 5.02 Å². The van der Waals surface area contributed by atoms with E-state index < -0.39 is 10.0 Å². The third kappa shape index (κ3) is 1.99. The Morgan fingerprint density at radius 1 is 1.10 bits per heavy atom. The fourth-order valence-corrected chi connectivity index (χ4v) is 3.43. The summed E-state index contributed by atoms with van der Waals surface area (Å²) in [6.45, 7) is 0. The van der Waals surface area contributed by atoms with Gasteiger partial charge in [0.1, 0.15) is 5.71 Å². The first-order valence-electron chi connectivity index (χ1n) is 5.93. The number of hydrogen-bond donors (Lipinski definition) is 0. The highest BCUT2D eigenvalue weighted by molar-refractivity contribution is 7.89. The smallest absolute Gasteiger partial charge is 0.200 e. The number of sulfonamides is 1. The van der Waals surface area contributed by atoms with E-state index in [1.54, 1.807) is 12.1 Å². The number of hydrogen-bond acceptors (Lipinski definition) is 3. The van der Waals surface area contributed by atoms with Crippen molar-refractivity contribution >= 4 is 27.3 Å². The molecule has 0 radical (unpaired) electrons. The van der Waals surface area contributed by atoms with Crippen LogP contribution in [-0.4, -0.2) is 25.6 Å². The van der Waals surface area contributed by atoms with Gasteiger partial charge in [-0.2, -0.15) is 17.9 Å². The summed E-state index contributed by atoms with van der Waals surface area (Å²) in [5, 5.41) is 4.67. The zero-order valence-electron chi connectivity index (χ0n) is 10.6. The predicted octanol–water partition coefficient (Wildman–Crippen LogP) is 2.73. The van der Waals surface area contributed by atoms with Crippen LogP contribution in [-0.2, 0) is 10.0 Å². The van der Waals surface area contributed by atoms with Crippen LogP contribution in [0.25, 0.3) is 0 Å². The molecule has 0 aromatic heterocycles. The molecule has 1 aliphatic rings. The summed E-state index contributed by atoms with van der Waals surface area (Å²) in [5.74, 6) is 0. The molecule has 0 unspecified atom stereocenters. The zero-order valence-corrected chi connectivity index (χ0v) is 12.2. The minimum absolute atomic E-state index is 0.221. The van der Waals surface area contributed by atoms with Crippen molar-refractivity contribution in [1.82, 2.24) is 4.41 Å². The van der Waals surface area contributed by atoms with E-state index in [9.17, 15) is 8.42 Å². The van der Waals surface area contributed by atoms with Crippen molar-refractivity contribution in [2.45, 2.75) is 4.90 Å². The molecule has 6 heteroatoms. The summed E-state index contributed by atoms with van der Waals surface area (Å²) in [4.78, 5) is 0.221. The SMILES string of the molecule is CN1N=C(c2ccccc2)c2cc(Cl)ccc2S1(=O)=O. The summed E-state index contributed by atoms with van der Waals surface area (Å²) >= 11 is 6.00. The molecule has 102 valence electrons. The van der Waals surface area contributed by atoms with Gasteiger partial charge in [0.2, 0.25) is 0 Å². The first-order valence-corrected chi connectivity index (χ1v) is 7.75. The number of fused-ring (bicyclic) bond motifs is 1. The lowest BCUT2D eigenvalue weighted by Gasteiger charge is -2.24. The van der Waals surface area contributed by atoms with E-state index in [1.165, 1.54) is 13.1 Å². The molecule has 0 N–H and O–H groups in total. The Kier molecular flexibility index (Phi) is 3.03. The molecule has 4 nitrogen and oxygen atoms in total. The molecular formula is C14H11ClN2O2S. The van der Waals surface area contributed by atoms with Gasteiger partial charge in [-0.15, -0.1) is 0 Å². The molecular weight excluding hydrogens is 296 g/mol. The lowest BCUT2D eigenvalue weighted by Crippen LogP contribution is -2.30. The van der Waals surface area contributed by atoms with Crippen molar-refractivity contribution < 1.29 is 8.42 Å². The molecule has 0 spiro atoms. The van der Waals surface area contributed by atoms with Gasteiger partial charge in [-0.25, -0.2) is 0 Å². The molecule has 0 saturated carbocycles. The lowest BCUT2D eigenvalue weighted by molar-refractivity contribution is 0.485. The molecule has 0 atom stereocenters. The summed E-state index contributed by atoms with van der Waals surface area (Å²) in [6.07, 6.45) is 0. The number of benzene rings is 2. The predicted molar refractivity (Wildman–Crippen MR) is 78.5 cm³/mol.